The molecule has 0 heterocycles. The van der Waals surface area contributed by atoms with Gasteiger partial charge in [-0.3, -0.25) is 0 Å². The third kappa shape index (κ3) is 1.74. The summed E-state index contributed by atoms with van der Waals surface area (Å²) < 4.78 is 0. The largest absolute Gasteiger partial charge is 0.0716 e. The number of allylic oxidation sites excluding steroid dienone is 1. The minimum absolute atomic E-state index is 1.13. The Morgan fingerprint density at radius 2 is 1.58 bits per heavy atom. The average molecular weight is 246 g/mol. The van der Waals surface area contributed by atoms with E-state index in [4.69, 9.17) is 0 Å². The van der Waals surface area contributed by atoms with Crippen LogP contribution in [0.5, 0.6) is 0 Å². The van der Waals surface area contributed by atoms with Crippen LogP contribution in [-0.2, 0) is 19.3 Å². The molecule has 0 unspecified atom stereocenters. The fraction of sp³-hybridized carbons (Fsp3) is 0.263. The lowest BCUT2D eigenvalue weighted by atomic mass is 9.85. The number of rotatable bonds is 1. The van der Waals surface area contributed by atoms with Crippen LogP contribution in [0.1, 0.15) is 40.7 Å². The van der Waals surface area contributed by atoms with E-state index in [0.717, 1.165) is 6.42 Å². The van der Waals surface area contributed by atoms with Crippen molar-refractivity contribution in [3.8, 4) is 0 Å². The molecule has 0 amide bonds. The molecule has 2 aromatic rings. The highest BCUT2D eigenvalue weighted by Crippen LogP contribution is 2.37. The lowest BCUT2D eigenvalue weighted by Crippen LogP contribution is -2.06. The Bertz CT molecular complexity index is 647. The fourth-order valence-corrected chi connectivity index (χ4v) is 3.60. The number of hydrogen-bond donors (Lipinski definition) is 0. The van der Waals surface area contributed by atoms with Gasteiger partial charge in [0.2, 0.25) is 0 Å². The van der Waals surface area contributed by atoms with Crippen LogP contribution in [-0.4, -0.2) is 0 Å². The first-order valence-corrected chi connectivity index (χ1v) is 7.33. The molecule has 0 heteroatoms. The first kappa shape index (κ1) is 11.0. The van der Waals surface area contributed by atoms with Crippen molar-refractivity contribution in [2.45, 2.75) is 32.1 Å². The number of fused-ring (bicyclic) bond motifs is 3. The Balaban J connectivity index is 1.83. The number of benzene rings is 2. The van der Waals surface area contributed by atoms with E-state index in [-0.39, 0.29) is 0 Å². The van der Waals surface area contributed by atoms with E-state index in [1.165, 1.54) is 42.4 Å². The van der Waals surface area contributed by atoms with Crippen LogP contribution >= 0.6 is 0 Å². The lowest BCUT2D eigenvalue weighted by Gasteiger charge is -2.20. The van der Waals surface area contributed by atoms with Crippen LogP contribution in [0, 0.1) is 0 Å². The fourth-order valence-electron chi connectivity index (χ4n) is 3.60. The van der Waals surface area contributed by atoms with Crippen LogP contribution in [0.2, 0.25) is 0 Å². The summed E-state index contributed by atoms with van der Waals surface area (Å²) in [5.41, 5.74) is 9.14. The van der Waals surface area contributed by atoms with Crippen molar-refractivity contribution in [3.63, 3.8) is 0 Å². The van der Waals surface area contributed by atoms with Gasteiger partial charge in [-0.15, -0.1) is 0 Å². The normalized spacial score (nSPS) is 16.7. The molecular weight excluding hydrogens is 228 g/mol. The minimum atomic E-state index is 1.13. The molecule has 0 bridgehead atoms. The van der Waals surface area contributed by atoms with Crippen LogP contribution in [0.4, 0.5) is 0 Å². The van der Waals surface area contributed by atoms with Gasteiger partial charge in [-0.05, 0) is 65.5 Å². The molecule has 19 heavy (non-hydrogen) atoms. The third-order valence-corrected chi connectivity index (χ3v) is 4.54. The first-order valence-electron chi connectivity index (χ1n) is 7.33. The standard InChI is InChI=1S/C19H18/c1-2-6-14(7-3-1)17-12-13-19-16-9-5-4-8-15(16)10-11-18(17)19/h1-3,6-7,10-12H,4-5,8-9,13H2. The van der Waals surface area contributed by atoms with E-state index in [0.29, 0.717) is 0 Å². The molecule has 2 aromatic carbocycles. The highest BCUT2D eigenvalue weighted by atomic mass is 14.3. The van der Waals surface area contributed by atoms with Crippen molar-refractivity contribution in [1.29, 1.82) is 0 Å². The zero-order valence-electron chi connectivity index (χ0n) is 11.2. The second-order valence-electron chi connectivity index (χ2n) is 5.62. The molecule has 0 radical (unpaired) electrons. The van der Waals surface area contributed by atoms with E-state index in [1.54, 1.807) is 16.7 Å². The number of aryl methyl sites for hydroxylation is 1. The Hall–Kier alpha value is -1.82. The summed E-state index contributed by atoms with van der Waals surface area (Å²) in [6.45, 7) is 0. The van der Waals surface area contributed by atoms with E-state index in [1.807, 2.05) is 0 Å². The van der Waals surface area contributed by atoms with Crippen molar-refractivity contribution < 1.29 is 0 Å². The van der Waals surface area contributed by atoms with Gasteiger partial charge < -0.3 is 0 Å². The van der Waals surface area contributed by atoms with E-state index < -0.39 is 0 Å². The minimum Gasteiger partial charge on any atom is -0.0716 e. The molecule has 4 rings (SSSR count). The zero-order valence-corrected chi connectivity index (χ0v) is 11.2. The second-order valence-corrected chi connectivity index (χ2v) is 5.62. The van der Waals surface area contributed by atoms with Crippen molar-refractivity contribution in [2.75, 3.05) is 0 Å². The van der Waals surface area contributed by atoms with E-state index in [2.05, 4.69) is 48.5 Å². The number of hydrogen-bond acceptors (Lipinski definition) is 0. The van der Waals surface area contributed by atoms with Crippen LogP contribution in [0.25, 0.3) is 5.57 Å². The van der Waals surface area contributed by atoms with Crippen molar-refractivity contribution in [2.24, 2.45) is 0 Å². The molecule has 0 nitrogen and oxygen atoms in total. The molecule has 94 valence electrons. The molecule has 2 aliphatic carbocycles. The van der Waals surface area contributed by atoms with Crippen molar-refractivity contribution in [1.82, 2.24) is 0 Å². The molecule has 0 spiro atoms. The zero-order chi connectivity index (χ0) is 12.7. The lowest BCUT2D eigenvalue weighted by molar-refractivity contribution is 0.680. The summed E-state index contributed by atoms with van der Waals surface area (Å²) in [4.78, 5) is 0. The summed E-state index contributed by atoms with van der Waals surface area (Å²) in [6, 6.07) is 15.5. The van der Waals surface area contributed by atoms with Crippen molar-refractivity contribution >= 4 is 5.57 Å². The Morgan fingerprint density at radius 3 is 2.47 bits per heavy atom. The molecule has 0 saturated carbocycles. The summed E-state index contributed by atoms with van der Waals surface area (Å²) >= 11 is 0. The van der Waals surface area contributed by atoms with E-state index in [9.17, 15) is 0 Å². The maximum atomic E-state index is 2.41. The molecule has 0 atom stereocenters. The molecule has 0 aromatic heterocycles. The predicted octanol–water partition coefficient (Wildman–Crippen LogP) is 4.55. The molecule has 0 N–H and O–H groups in total. The average Bonchev–Trinajstić information content (AvgIpc) is 2.92. The van der Waals surface area contributed by atoms with Gasteiger partial charge in [0.15, 0.2) is 0 Å². The quantitative estimate of drug-likeness (QED) is 0.692. The molecule has 2 aliphatic rings. The van der Waals surface area contributed by atoms with Gasteiger partial charge in [0.1, 0.15) is 0 Å². The highest BCUT2D eigenvalue weighted by Gasteiger charge is 2.21. The van der Waals surface area contributed by atoms with Gasteiger partial charge in [0.05, 0.1) is 0 Å². The SMILES string of the molecule is C1=C(c2ccccc2)c2ccc3c(c2C1)CCCC3. The van der Waals surface area contributed by atoms with Gasteiger partial charge in [-0.25, -0.2) is 0 Å². The first-order chi connectivity index (χ1) is 9.43. The van der Waals surface area contributed by atoms with Crippen LogP contribution in [0.3, 0.4) is 0 Å². The molecule has 0 aliphatic heterocycles. The van der Waals surface area contributed by atoms with E-state index >= 15 is 0 Å². The predicted molar refractivity (Wildman–Crippen MR) is 80.3 cm³/mol. The monoisotopic (exact) mass is 246 g/mol. The van der Waals surface area contributed by atoms with Gasteiger partial charge in [0, 0.05) is 0 Å². The van der Waals surface area contributed by atoms with Crippen LogP contribution < -0.4 is 0 Å². The van der Waals surface area contributed by atoms with Crippen LogP contribution in [0.15, 0.2) is 48.5 Å². The summed E-state index contributed by atoms with van der Waals surface area (Å²) in [5, 5.41) is 0. The topological polar surface area (TPSA) is 0 Å². The van der Waals surface area contributed by atoms with Crippen molar-refractivity contribution in [3.05, 3.63) is 76.4 Å². The second kappa shape index (κ2) is 4.38. The Labute approximate surface area is 114 Å². The summed E-state index contributed by atoms with van der Waals surface area (Å²) in [5.74, 6) is 0. The van der Waals surface area contributed by atoms with Gasteiger partial charge in [0.25, 0.3) is 0 Å². The Morgan fingerprint density at radius 1 is 0.737 bits per heavy atom. The smallest absolute Gasteiger partial charge is 0.00790 e. The highest BCUT2D eigenvalue weighted by molar-refractivity contribution is 5.85. The molecule has 0 fully saturated rings. The maximum Gasteiger partial charge on any atom is -0.00790 e. The Kier molecular flexibility index (Phi) is 2.55. The van der Waals surface area contributed by atoms with Gasteiger partial charge in [-0.2, -0.15) is 0 Å². The van der Waals surface area contributed by atoms with Gasteiger partial charge in [-0.1, -0.05) is 48.5 Å². The summed E-state index contributed by atoms with van der Waals surface area (Å²) in [6.07, 6.45) is 8.84. The molecular formula is C19H18. The maximum absolute atomic E-state index is 2.41. The summed E-state index contributed by atoms with van der Waals surface area (Å²) in [7, 11) is 0. The third-order valence-electron chi connectivity index (χ3n) is 4.54. The molecule has 0 saturated heterocycles. The van der Waals surface area contributed by atoms with Gasteiger partial charge >= 0.3 is 0 Å².